The number of ether oxygens (including phenoxy) is 1. The minimum Gasteiger partial charge on any atom is -0.374 e. The number of anilines is 1. The lowest BCUT2D eigenvalue weighted by molar-refractivity contribution is 0.0898. The summed E-state index contributed by atoms with van der Waals surface area (Å²) in [5.74, 6) is 0.399. The van der Waals surface area contributed by atoms with Crippen LogP contribution in [0.3, 0.4) is 0 Å². The van der Waals surface area contributed by atoms with Gasteiger partial charge >= 0.3 is 4.83 Å². The number of rotatable bonds is 10. The average Bonchev–Trinajstić information content (AvgIpc) is 3.19. The van der Waals surface area contributed by atoms with Crippen molar-refractivity contribution in [2.75, 3.05) is 31.3 Å². The highest BCUT2D eigenvalue weighted by Crippen LogP contribution is 2.40. The van der Waals surface area contributed by atoms with Crippen LogP contribution in [0, 0.1) is 5.92 Å². The van der Waals surface area contributed by atoms with E-state index in [0.717, 1.165) is 60.6 Å². The van der Waals surface area contributed by atoms with Gasteiger partial charge < -0.3 is 24.6 Å². The van der Waals surface area contributed by atoms with E-state index in [1.807, 2.05) is 10.8 Å². The lowest BCUT2D eigenvalue weighted by Gasteiger charge is -2.43. The molecule has 0 saturated heterocycles. The Labute approximate surface area is 215 Å². The number of halogens is 3. The molecule has 0 aromatic carbocycles. The summed E-state index contributed by atoms with van der Waals surface area (Å²) in [4.78, 5) is 4.17. The Hall–Kier alpha value is -1.11. The van der Waals surface area contributed by atoms with Gasteiger partial charge in [0.25, 0.3) is 0 Å². The van der Waals surface area contributed by atoms with Crippen molar-refractivity contribution in [2.24, 2.45) is 5.92 Å². The van der Waals surface area contributed by atoms with Crippen molar-refractivity contribution in [2.45, 2.75) is 75.2 Å². The third-order valence-corrected chi connectivity index (χ3v) is 9.05. The summed E-state index contributed by atoms with van der Waals surface area (Å²) in [5.41, 5.74) is 2.71. The number of pyridine rings is 1. The summed E-state index contributed by atoms with van der Waals surface area (Å²) in [7, 11) is -1.14. The molecular formula is C24H38BrF2N5O2Si. The molecule has 4 rings (SSSR count). The van der Waals surface area contributed by atoms with E-state index in [1.165, 1.54) is 0 Å². The van der Waals surface area contributed by atoms with Crippen molar-refractivity contribution in [3.05, 3.63) is 24.0 Å². The molecule has 0 spiro atoms. The molecule has 2 aliphatic rings. The van der Waals surface area contributed by atoms with Gasteiger partial charge in [-0.15, -0.1) is 0 Å². The molecule has 0 amide bonds. The smallest absolute Gasteiger partial charge is 0.313 e. The summed E-state index contributed by atoms with van der Waals surface area (Å²) in [5, 5.41) is 17.7. The highest BCUT2D eigenvalue weighted by molar-refractivity contribution is 9.10. The second kappa shape index (κ2) is 11.1. The molecule has 2 aromatic rings. The lowest BCUT2D eigenvalue weighted by atomic mass is 9.84. The van der Waals surface area contributed by atoms with E-state index in [0.29, 0.717) is 31.9 Å². The van der Waals surface area contributed by atoms with Gasteiger partial charge in [0.1, 0.15) is 18.6 Å². The number of aliphatic hydroxyl groups is 1. The normalized spacial score (nSPS) is 23.6. The predicted octanol–water partition coefficient (Wildman–Crippen LogP) is 4.84. The quantitative estimate of drug-likeness (QED) is 0.214. The molecule has 0 bridgehead atoms. The zero-order valence-electron chi connectivity index (χ0n) is 20.9. The van der Waals surface area contributed by atoms with Crippen LogP contribution in [0.4, 0.5) is 14.5 Å². The molecular weight excluding hydrogens is 536 g/mol. The molecule has 1 fully saturated rings. The molecule has 11 heteroatoms. The van der Waals surface area contributed by atoms with Gasteiger partial charge in [0, 0.05) is 44.1 Å². The molecule has 3 N–H and O–H groups in total. The number of fused-ring (bicyclic) bond motifs is 3. The third kappa shape index (κ3) is 7.01. The number of aromatic nitrogens is 2. The van der Waals surface area contributed by atoms with Crippen molar-refractivity contribution in [3.63, 3.8) is 0 Å². The number of hydrogen-bond donors (Lipinski definition) is 3. The summed E-state index contributed by atoms with van der Waals surface area (Å²) in [6.45, 7) is 9.06. The van der Waals surface area contributed by atoms with Crippen molar-refractivity contribution in [1.29, 1.82) is 0 Å². The van der Waals surface area contributed by atoms with Crippen LogP contribution in [0.15, 0.2) is 18.5 Å². The molecule has 2 aromatic heterocycles. The first kappa shape index (κ1) is 26.9. The van der Waals surface area contributed by atoms with E-state index in [2.05, 4.69) is 62.2 Å². The number of nitrogens with one attached hydrogen (secondary N) is 2. The number of nitrogens with zero attached hydrogens (tertiary/aromatic N) is 3. The molecule has 0 radical (unpaired) electrons. The van der Waals surface area contributed by atoms with Crippen molar-refractivity contribution in [3.8, 4) is 0 Å². The van der Waals surface area contributed by atoms with Gasteiger partial charge in [-0.1, -0.05) is 19.6 Å². The summed E-state index contributed by atoms with van der Waals surface area (Å²) < 4.78 is 34.0. The summed E-state index contributed by atoms with van der Waals surface area (Å²) in [6, 6.07) is 3.52. The van der Waals surface area contributed by atoms with Gasteiger partial charge in [-0.3, -0.25) is 5.32 Å². The summed E-state index contributed by atoms with van der Waals surface area (Å²) >= 11 is 2.39. The van der Waals surface area contributed by atoms with E-state index in [1.54, 1.807) is 6.20 Å². The Morgan fingerprint density at radius 1 is 1.29 bits per heavy atom. The van der Waals surface area contributed by atoms with E-state index >= 15 is 0 Å². The fourth-order valence-corrected chi connectivity index (χ4v) is 6.03. The number of hydrogen-bond acceptors (Lipinski definition) is 6. The predicted molar refractivity (Wildman–Crippen MR) is 142 cm³/mol. The van der Waals surface area contributed by atoms with Crippen molar-refractivity contribution < 1.29 is 18.6 Å². The van der Waals surface area contributed by atoms with Gasteiger partial charge in [0.05, 0.1) is 18.9 Å². The molecule has 1 saturated carbocycles. The van der Waals surface area contributed by atoms with Crippen LogP contribution in [0.2, 0.25) is 25.7 Å². The van der Waals surface area contributed by atoms with E-state index in [-0.39, 0.29) is 6.54 Å². The first-order chi connectivity index (χ1) is 16.5. The summed E-state index contributed by atoms with van der Waals surface area (Å²) in [6.07, 6.45) is 6.98. The minimum atomic E-state index is -2.86. The highest BCUT2D eigenvalue weighted by Gasteiger charge is 2.33. The Balaban J connectivity index is 1.44. The van der Waals surface area contributed by atoms with E-state index < -0.39 is 19.1 Å². The fourth-order valence-electron chi connectivity index (χ4n) is 5.07. The maximum atomic E-state index is 13.0. The second-order valence-corrected chi connectivity index (χ2v) is 17.9. The number of alkyl halides is 3. The molecule has 35 heavy (non-hydrogen) atoms. The first-order valence-electron chi connectivity index (χ1n) is 12.5. The molecule has 1 atom stereocenters. The SMILES string of the molecule is C[Si](C)(C)CCOCn1ccc2c3c(cnc21)C(O)NCN3C1CCC(CNCC(F)(F)Br)CC1. The Bertz CT molecular complexity index is 989. The molecule has 7 nitrogen and oxygen atoms in total. The lowest BCUT2D eigenvalue weighted by Crippen LogP contribution is -2.49. The maximum Gasteiger partial charge on any atom is 0.313 e. The largest absolute Gasteiger partial charge is 0.374 e. The van der Waals surface area contributed by atoms with E-state index in [9.17, 15) is 13.9 Å². The maximum absolute atomic E-state index is 13.0. The second-order valence-electron chi connectivity index (χ2n) is 11.1. The zero-order chi connectivity index (χ0) is 25.2. The fraction of sp³-hybridized carbons (Fsp3) is 0.708. The minimum absolute atomic E-state index is 0.324. The van der Waals surface area contributed by atoms with Crippen LogP contribution in [0.5, 0.6) is 0 Å². The monoisotopic (exact) mass is 573 g/mol. The molecule has 1 unspecified atom stereocenters. The van der Waals surface area contributed by atoms with Crippen LogP contribution < -0.4 is 15.5 Å². The Morgan fingerprint density at radius 3 is 2.71 bits per heavy atom. The van der Waals surface area contributed by atoms with Crippen LogP contribution in [-0.2, 0) is 11.5 Å². The van der Waals surface area contributed by atoms with Crippen LogP contribution in [-0.4, -0.2) is 60.0 Å². The number of aliphatic hydroxyl groups excluding tert-OH is 1. The van der Waals surface area contributed by atoms with Gasteiger partial charge in [-0.25, -0.2) is 4.98 Å². The van der Waals surface area contributed by atoms with Gasteiger partial charge in [0.2, 0.25) is 0 Å². The van der Waals surface area contributed by atoms with E-state index in [4.69, 9.17) is 4.74 Å². The van der Waals surface area contributed by atoms with Crippen molar-refractivity contribution >= 4 is 40.7 Å². The molecule has 196 valence electrons. The van der Waals surface area contributed by atoms with Gasteiger partial charge in [-0.05, 0) is 66.2 Å². The first-order valence-corrected chi connectivity index (χ1v) is 17.0. The highest BCUT2D eigenvalue weighted by atomic mass is 79.9. The van der Waals surface area contributed by atoms with Crippen LogP contribution in [0.1, 0.15) is 37.5 Å². The van der Waals surface area contributed by atoms with Crippen molar-refractivity contribution in [1.82, 2.24) is 20.2 Å². The average molecular weight is 575 g/mol. The van der Waals surface area contributed by atoms with Crippen LogP contribution >= 0.6 is 15.9 Å². The van der Waals surface area contributed by atoms with Gasteiger partial charge in [-0.2, -0.15) is 8.78 Å². The topological polar surface area (TPSA) is 74.6 Å². The Kier molecular flexibility index (Phi) is 8.54. The molecule has 1 aliphatic heterocycles. The van der Waals surface area contributed by atoms with Gasteiger partial charge in [0.15, 0.2) is 0 Å². The molecule has 3 heterocycles. The Morgan fingerprint density at radius 2 is 2.03 bits per heavy atom. The standard InChI is InChI=1S/C24H38BrF2N5O2Si/c1-35(2,3)11-10-34-16-31-9-8-19-21-20(13-29-22(19)31)23(33)30-15-32(21)18-6-4-17(5-7-18)12-28-14-24(25,26)27/h8-9,13,17-18,23,28,30,33H,4-7,10-12,14-16H2,1-3H3. The third-order valence-electron chi connectivity index (χ3n) is 7.07. The zero-order valence-corrected chi connectivity index (χ0v) is 23.5. The molecule has 1 aliphatic carbocycles. The van der Waals surface area contributed by atoms with Crippen LogP contribution in [0.25, 0.3) is 11.0 Å².